The molecule has 0 spiro atoms. The molecule has 11 nitrogen and oxygen atoms in total. The zero-order valence-electron chi connectivity index (χ0n) is 40.0. The maximum atomic E-state index is 13.4. The maximum absolute atomic E-state index is 13.4. The fourth-order valence-corrected chi connectivity index (χ4v) is 9.71. The number of nitrogens with zero attached hydrogens (tertiary/aromatic N) is 2. The topological polar surface area (TPSA) is 143 Å². The van der Waals surface area contributed by atoms with Crippen LogP contribution in [0.25, 0.3) is 0 Å². The summed E-state index contributed by atoms with van der Waals surface area (Å²) in [5, 5.41) is 16.1. The summed E-state index contributed by atoms with van der Waals surface area (Å²) in [6.07, 6.45) is 8.36. The van der Waals surface area contributed by atoms with Crippen LogP contribution in [0.5, 0.6) is 11.5 Å². The first-order valence-electron chi connectivity index (χ1n) is 23.1. The number of esters is 1. The predicted molar refractivity (Wildman–Crippen MR) is 246 cm³/mol. The van der Waals surface area contributed by atoms with Crippen LogP contribution in [0.15, 0.2) is 97.1 Å². The molecule has 8 rings (SSSR count). The minimum atomic E-state index is -4.24. The van der Waals surface area contributed by atoms with Crippen LogP contribution in [0.3, 0.4) is 0 Å². The Labute approximate surface area is 430 Å². The number of aromatic carboxylic acids is 1. The minimum absolute atomic E-state index is 0. The largest absolute Gasteiger partial charge is 1.00 e. The van der Waals surface area contributed by atoms with Crippen LogP contribution >= 0.6 is 0 Å². The van der Waals surface area contributed by atoms with Gasteiger partial charge in [-0.1, -0.05) is 24.3 Å². The first-order chi connectivity index (χ1) is 32.6. The number of piperidine rings is 2. The van der Waals surface area contributed by atoms with Gasteiger partial charge < -0.3 is 35.4 Å². The first kappa shape index (κ1) is 57.2. The van der Waals surface area contributed by atoms with Gasteiger partial charge in [0.15, 0.2) is 13.2 Å². The van der Waals surface area contributed by atoms with E-state index >= 15 is 0 Å². The van der Waals surface area contributed by atoms with Gasteiger partial charge in [-0.15, -0.1) is 0 Å². The van der Waals surface area contributed by atoms with Crippen LogP contribution < -0.4 is 49.7 Å². The standard InChI is InChI=1S/C26H30F4N2O3.C25H28F4N2O3.Na.H2O/c1-25(27,28)26(29,30)16-35-23-11-7-19(8-12-23)31-20-13-21-9-10-22(14-20)32(21)15-17-3-5-18(6-4-17)24(33)34-2;1-24(26,27)25(28,29)15-34-22-10-6-18(7-11-22)30-19-12-20-8-9-21(13-19)31(20)14-16-2-4-17(5-3-16)23(32)33;;/h3-8,11-12,20-22,31H,9-10,13-16H2,1-2H3;2-7,10-11,19-21,30H,8-9,12-15H2,1H3,(H,32,33);;1H2/q;;+1;/p-1. The molecule has 4 fully saturated rings. The van der Waals surface area contributed by atoms with Crippen molar-refractivity contribution in [3.8, 4) is 11.5 Å². The van der Waals surface area contributed by atoms with Gasteiger partial charge in [0.05, 0.1) is 18.2 Å². The summed E-state index contributed by atoms with van der Waals surface area (Å²) in [5.41, 5.74) is 4.72. The number of carbonyl (C=O) groups excluding carboxylic acids is 1. The molecule has 4 saturated heterocycles. The van der Waals surface area contributed by atoms with Crippen LogP contribution in [0.1, 0.15) is 97.1 Å². The fraction of sp³-hybridized carbons (Fsp3) is 0.490. The Kier molecular flexibility index (Phi) is 19.3. The van der Waals surface area contributed by atoms with Crippen LogP contribution in [0, 0.1) is 0 Å². The van der Waals surface area contributed by atoms with Crippen LogP contribution in [-0.2, 0) is 17.8 Å². The molecular formula is C51H59F8N4NaO7. The SMILES string of the molecule is CC(F)(F)C(F)(F)COc1ccc(NC2CC3CCC(C2)N3Cc2ccc(C(=O)O)cc2)cc1.COC(=O)c1ccc(CN2C3CCC2CC(Nc2ccc(OCC(F)(F)C(C)(F)F)cc2)C3)cc1.[Na+].[OH-]. The summed E-state index contributed by atoms with van der Waals surface area (Å²) in [6.45, 7) is -0.785. The van der Waals surface area contributed by atoms with Gasteiger partial charge in [-0.05, 0) is 135 Å². The molecule has 4 N–H and O–H groups in total. The Morgan fingerprint density at radius 3 is 1.18 bits per heavy atom. The van der Waals surface area contributed by atoms with E-state index in [2.05, 4.69) is 20.4 Å². The molecule has 0 radical (unpaired) electrons. The number of methoxy groups -OCH3 is 1. The zero-order valence-corrected chi connectivity index (χ0v) is 42.0. The second-order valence-electron chi connectivity index (χ2n) is 18.7. The first-order valence-corrected chi connectivity index (χ1v) is 23.1. The van der Waals surface area contributed by atoms with Gasteiger partial charge in [-0.3, -0.25) is 9.80 Å². The molecule has 4 heterocycles. The number of hydrogen-bond donors (Lipinski definition) is 3. The van der Waals surface area contributed by atoms with E-state index in [1.807, 2.05) is 24.3 Å². The second kappa shape index (κ2) is 23.9. The number of hydrogen-bond acceptors (Lipinski definition) is 10. The van der Waals surface area contributed by atoms with E-state index in [4.69, 9.17) is 19.3 Å². The summed E-state index contributed by atoms with van der Waals surface area (Å²) in [6, 6.07) is 29.7. The molecule has 4 aromatic carbocycles. The van der Waals surface area contributed by atoms with E-state index in [1.54, 1.807) is 48.5 Å². The third kappa shape index (κ3) is 14.7. The van der Waals surface area contributed by atoms with E-state index in [9.17, 15) is 44.7 Å². The van der Waals surface area contributed by atoms with Gasteiger partial charge in [0.1, 0.15) is 11.5 Å². The third-order valence-electron chi connectivity index (χ3n) is 13.6. The molecule has 4 unspecified atom stereocenters. The van der Waals surface area contributed by atoms with Gasteiger partial charge in [-0.25, -0.2) is 27.2 Å². The number of carbonyl (C=O) groups is 2. The maximum Gasteiger partial charge on any atom is 1.00 e. The van der Waals surface area contributed by atoms with E-state index in [0.717, 1.165) is 87.0 Å². The Morgan fingerprint density at radius 1 is 0.563 bits per heavy atom. The number of nitrogens with one attached hydrogen (secondary N) is 2. The predicted octanol–water partition coefficient (Wildman–Crippen LogP) is 8.24. The van der Waals surface area contributed by atoms with Gasteiger partial charge in [0.25, 0.3) is 0 Å². The smallest absolute Gasteiger partial charge is 0.870 e. The van der Waals surface area contributed by atoms with Crippen molar-refractivity contribution >= 4 is 23.3 Å². The molecule has 0 aliphatic carbocycles. The molecule has 4 aliphatic heterocycles. The third-order valence-corrected chi connectivity index (χ3v) is 13.6. The number of fused-ring (bicyclic) bond motifs is 4. The molecule has 71 heavy (non-hydrogen) atoms. The number of halogens is 8. The molecule has 0 aromatic heterocycles. The number of anilines is 2. The van der Waals surface area contributed by atoms with Crippen LogP contribution in [0.4, 0.5) is 46.5 Å². The number of carboxylic acid groups (broad SMARTS) is 1. The quantitative estimate of drug-likeness (QED) is 0.0504. The fourth-order valence-electron chi connectivity index (χ4n) is 9.71. The van der Waals surface area contributed by atoms with Crippen molar-refractivity contribution in [2.24, 2.45) is 0 Å². The molecule has 4 aliphatic rings. The molecule has 4 aromatic rings. The Hall–Kier alpha value is -4.66. The number of alkyl halides is 8. The summed E-state index contributed by atoms with van der Waals surface area (Å²) in [7, 11) is 1.37. The minimum Gasteiger partial charge on any atom is -0.870 e. The van der Waals surface area contributed by atoms with E-state index < -0.39 is 42.9 Å². The van der Waals surface area contributed by atoms with Gasteiger partial charge in [0, 0.05) is 74.6 Å². The summed E-state index contributed by atoms with van der Waals surface area (Å²) >= 11 is 0. The van der Waals surface area contributed by atoms with Gasteiger partial charge in [0.2, 0.25) is 0 Å². The average Bonchev–Trinajstić information content (AvgIpc) is 3.66. The van der Waals surface area contributed by atoms with Crippen molar-refractivity contribution in [2.75, 3.05) is 31.0 Å². The molecule has 4 bridgehead atoms. The summed E-state index contributed by atoms with van der Waals surface area (Å²) < 4.78 is 120. The molecule has 382 valence electrons. The number of rotatable bonds is 18. The van der Waals surface area contributed by atoms with Crippen LogP contribution in [-0.4, -0.2) is 113 Å². The molecule has 4 atom stereocenters. The zero-order chi connectivity index (χ0) is 49.7. The average molecular weight is 1020 g/mol. The Bertz CT molecular complexity index is 2310. The van der Waals surface area contributed by atoms with Crippen LogP contribution in [0.2, 0.25) is 0 Å². The van der Waals surface area contributed by atoms with Crippen molar-refractivity contribution in [2.45, 2.75) is 138 Å². The number of carboxylic acids is 1. The Morgan fingerprint density at radius 2 is 0.887 bits per heavy atom. The number of benzene rings is 4. The summed E-state index contributed by atoms with van der Waals surface area (Å²) in [5.74, 6) is -17.8. The van der Waals surface area contributed by atoms with Crippen molar-refractivity contribution in [1.29, 1.82) is 0 Å². The van der Waals surface area contributed by atoms with Crippen molar-refractivity contribution in [1.82, 2.24) is 9.80 Å². The monoisotopic (exact) mass is 1010 g/mol. The van der Waals surface area contributed by atoms with E-state index in [0.29, 0.717) is 29.7 Å². The molecule has 20 heteroatoms. The molecule has 0 saturated carbocycles. The van der Waals surface area contributed by atoms with Gasteiger partial charge >= 0.3 is 65.2 Å². The van der Waals surface area contributed by atoms with Gasteiger partial charge in [-0.2, -0.15) is 17.6 Å². The Balaban J connectivity index is 0.000000257. The van der Waals surface area contributed by atoms with Crippen molar-refractivity contribution < 1.29 is 99.1 Å². The normalized spacial score (nSPS) is 22.2. The molecular weight excluding hydrogens is 956 g/mol. The van der Waals surface area contributed by atoms with Crippen molar-refractivity contribution in [3.05, 3.63) is 119 Å². The number of ether oxygens (including phenoxy) is 3. The van der Waals surface area contributed by atoms with Crippen molar-refractivity contribution in [3.63, 3.8) is 0 Å². The second-order valence-corrected chi connectivity index (χ2v) is 18.7. The molecule has 0 amide bonds. The summed E-state index contributed by atoms with van der Waals surface area (Å²) in [4.78, 5) is 27.7. The van der Waals surface area contributed by atoms with E-state index in [1.165, 1.54) is 31.4 Å². The van der Waals surface area contributed by atoms with E-state index in [-0.39, 0.29) is 84.0 Å².